The van der Waals surface area contributed by atoms with E-state index in [1.165, 1.54) is 12.1 Å². The van der Waals surface area contributed by atoms with Crippen LogP contribution in [0.5, 0.6) is 0 Å². The molecule has 4 rings (SSSR count). The minimum absolute atomic E-state index is 0.0333. The second-order valence-electron chi connectivity index (χ2n) is 7.98. The Bertz CT molecular complexity index is 1050. The van der Waals surface area contributed by atoms with Gasteiger partial charge in [-0.3, -0.25) is 4.79 Å². The normalized spacial score (nSPS) is 14.9. The molecular weight excluding hydrogens is 425 g/mol. The van der Waals surface area contributed by atoms with E-state index in [4.69, 9.17) is 4.52 Å². The second-order valence-corrected chi connectivity index (χ2v) is 9.21. The number of halogens is 1. The van der Waals surface area contributed by atoms with E-state index < -0.39 is 5.82 Å². The molecule has 0 aliphatic carbocycles. The van der Waals surface area contributed by atoms with Gasteiger partial charge in [0, 0.05) is 41.8 Å². The van der Waals surface area contributed by atoms with Crippen molar-refractivity contribution in [3.8, 4) is 11.3 Å². The molecule has 32 heavy (non-hydrogen) atoms. The summed E-state index contributed by atoms with van der Waals surface area (Å²) in [6.45, 7) is 6.16. The monoisotopic (exact) mass is 453 g/mol. The number of benzene rings is 2. The number of carbonyl (C=O) groups excluding carboxylic acids is 1. The van der Waals surface area contributed by atoms with Crippen LogP contribution in [0.1, 0.15) is 36.2 Å². The van der Waals surface area contributed by atoms with Gasteiger partial charge in [0.2, 0.25) is 5.88 Å². The molecule has 2 aromatic carbocycles. The van der Waals surface area contributed by atoms with Gasteiger partial charge in [-0.25, -0.2) is 4.39 Å². The number of anilines is 1. The van der Waals surface area contributed by atoms with Crippen molar-refractivity contribution in [2.45, 2.75) is 32.9 Å². The van der Waals surface area contributed by atoms with E-state index in [2.05, 4.69) is 10.1 Å². The van der Waals surface area contributed by atoms with E-state index in [9.17, 15) is 9.18 Å². The van der Waals surface area contributed by atoms with Gasteiger partial charge in [-0.05, 0) is 31.5 Å². The van der Waals surface area contributed by atoms with Crippen molar-refractivity contribution in [1.82, 2.24) is 10.1 Å². The molecule has 3 aromatic rings. The van der Waals surface area contributed by atoms with Gasteiger partial charge < -0.3 is 14.3 Å². The van der Waals surface area contributed by atoms with Crippen LogP contribution < -0.4 is 4.90 Å². The molecule has 0 bridgehead atoms. The number of thioether (sulfide) groups is 1. The van der Waals surface area contributed by atoms with E-state index in [0.717, 1.165) is 53.7 Å². The summed E-state index contributed by atoms with van der Waals surface area (Å²) in [4.78, 5) is 17.5. The van der Waals surface area contributed by atoms with Crippen molar-refractivity contribution in [1.29, 1.82) is 0 Å². The minimum atomic E-state index is -0.415. The highest BCUT2D eigenvalue weighted by Gasteiger charge is 2.29. The van der Waals surface area contributed by atoms with E-state index in [-0.39, 0.29) is 11.9 Å². The number of nitrogens with zero attached hydrogens (tertiary/aromatic N) is 3. The molecule has 5 nitrogen and oxygen atoms in total. The smallest absolute Gasteiger partial charge is 0.254 e. The first-order chi connectivity index (χ1) is 15.6. The van der Waals surface area contributed by atoms with Crippen molar-refractivity contribution in [2.24, 2.45) is 0 Å². The number of hydrogen-bond acceptors (Lipinski definition) is 5. The fourth-order valence-corrected chi connectivity index (χ4v) is 4.79. The third-order valence-corrected chi connectivity index (χ3v) is 6.84. The molecule has 1 atom stereocenters. The van der Waals surface area contributed by atoms with Crippen molar-refractivity contribution in [3.63, 3.8) is 0 Å². The quantitative estimate of drug-likeness (QED) is 0.474. The predicted molar refractivity (Wildman–Crippen MR) is 128 cm³/mol. The summed E-state index contributed by atoms with van der Waals surface area (Å²) in [7, 11) is 0. The van der Waals surface area contributed by atoms with Crippen molar-refractivity contribution in [3.05, 3.63) is 71.5 Å². The molecule has 1 amide bonds. The summed E-state index contributed by atoms with van der Waals surface area (Å²) < 4.78 is 19.7. The Labute approximate surface area is 192 Å². The van der Waals surface area contributed by atoms with Gasteiger partial charge in [-0.15, -0.1) is 0 Å². The van der Waals surface area contributed by atoms with Crippen LogP contribution in [-0.2, 0) is 6.54 Å². The van der Waals surface area contributed by atoms with Crippen LogP contribution in [0.15, 0.2) is 59.1 Å². The molecule has 0 saturated carbocycles. The Morgan fingerprint density at radius 3 is 2.62 bits per heavy atom. The SMILES string of the molecule is CCC(C)N(Cc1c(-c2ccccc2)noc1N1CCSCC1)C(=O)c1cccc(F)c1. The van der Waals surface area contributed by atoms with Crippen molar-refractivity contribution >= 4 is 23.6 Å². The van der Waals surface area contributed by atoms with Crippen molar-refractivity contribution < 1.29 is 13.7 Å². The van der Waals surface area contributed by atoms with Crippen LogP contribution in [0.3, 0.4) is 0 Å². The standard InChI is InChI=1S/C25H28FN3O2S/c1-3-18(2)29(24(30)20-10-7-11-21(26)16-20)17-22-23(19-8-5-4-6-9-19)27-31-25(22)28-12-14-32-15-13-28/h4-11,16,18H,3,12-15,17H2,1-2H3. The number of aromatic nitrogens is 1. The van der Waals surface area contributed by atoms with Gasteiger partial charge in [-0.1, -0.05) is 48.5 Å². The molecule has 1 fully saturated rings. The summed E-state index contributed by atoms with van der Waals surface area (Å²) in [5.41, 5.74) is 2.94. The molecule has 7 heteroatoms. The maximum absolute atomic E-state index is 13.8. The average Bonchev–Trinajstić information content (AvgIpc) is 3.26. The Hall–Kier alpha value is -2.80. The van der Waals surface area contributed by atoms with Gasteiger partial charge >= 0.3 is 0 Å². The van der Waals surface area contributed by atoms with E-state index in [1.54, 1.807) is 17.0 Å². The lowest BCUT2D eigenvalue weighted by atomic mass is 10.0. The molecule has 0 N–H and O–H groups in total. The number of hydrogen-bond donors (Lipinski definition) is 0. The van der Waals surface area contributed by atoms with E-state index >= 15 is 0 Å². The fourth-order valence-electron chi connectivity index (χ4n) is 3.89. The van der Waals surface area contributed by atoms with Crippen molar-refractivity contribution in [2.75, 3.05) is 29.5 Å². The predicted octanol–water partition coefficient (Wildman–Crippen LogP) is 5.47. The Morgan fingerprint density at radius 1 is 1.19 bits per heavy atom. The van der Waals surface area contributed by atoms with Crippen LogP contribution >= 0.6 is 11.8 Å². The lowest BCUT2D eigenvalue weighted by Crippen LogP contribution is -2.39. The zero-order valence-corrected chi connectivity index (χ0v) is 19.3. The highest BCUT2D eigenvalue weighted by molar-refractivity contribution is 7.99. The number of rotatable bonds is 7. The Morgan fingerprint density at radius 2 is 1.94 bits per heavy atom. The molecule has 1 aliphatic heterocycles. The maximum Gasteiger partial charge on any atom is 0.254 e. The highest BCUT2D eigenvalue weighted by atomic mass is 32.2. The molecular formula is C25H28FN3O2S. The Kier molecular flexibility index (Phi) is 7.15. The average molecular weight is 454 g/mol. The van der Waals surface area contributed by atoms with Gasteiger partial charge in [-0.2, -0.15) is 11.8 Å². The third-order valence-electron chi connectivity index (χ3n) is 5.90. The summed E-state index contributed by atoms with van der Waals surface area (Å²) in [5, 5.41) is 4.42. The van der Waals surface area contributed by atoms with E-state index in [0.29, 0.717) is 12.1 Å². The molecule has 168 valence electrons. The lowest BCUT2D eigenvalue weighted by molar-refractivity contribution is 0.0671. The van der Waals surface area contributed by atoms with Gasteiger partial charge in [0.1, 0.15) is 11.5 Å². The largest absolute Gasteiger partial charge is 0.339 e. The zero-order valence-electron chi connectivity index (χ0n) is 18.5. The van der Waals surface area contributed by atoms with Crippen LogP contribution in [0.25, 0.3) is 11.3 Å². The van der Waals surface area contributed by atoms with E-state index in [1.807, 2.05) is 55.9 Å². The molecule has 1 saturated heterocycles. The summed E-state index contributed by atoms with van der Waals surface area (Å²) in [6, 6.07) is 15.7. The van der Waals surface area contributed by atoms with Crippen LogP contribution in [0, 0.1) is 5.82 Å². The first-order valence-corrected chi connectivity index (χ1v) is 12.2. The molecule has 1 aromatic heterocycles. The topological polar surface area (TPSA) is 49.6 Å². The third kappa shape index (κ3) is 4.83. The fraction of sp³-hybridized carbons (Fsp3) is 0.360. The molecule has 0 radical (unpaired) electrons. The van der Waals surface area contributed by atoms with Gasteiger partial charge in [0.25, 0.3) is 5.91 Å². The van der Waals surface area contributed by atoms with Gasteiger partial charge in [0.15, 0.2) is 0 Å². The number of carbonyl (C=O) groups is 1. The summed E-state index contributed by atoms with van der Waals surface area (Å²) >= 11 is 1.92. The zero-order chi connectivity index (χ0) is 22.5. The molecule has 2 heterocycles. The highest BCUT2D eigenvalue weighted by Crippen LogP contribution is 2.34. The van der Waals surface area contributed by atoms with Crippen LogP contribution in [0.2, 0.25) is 0 Å². The summed E-state index contributed by atoms with van der Waals surface area (Å²) in [5.74, 6) is 2.17. The first kappa shape index (κ1) is 22.4. The Balaban J connectivity index is 1.75. The van der Waals surface area contributed by atoms with Crippen LogP contribution in [0.4, 0.5) is 10.3 Å². The molecule has 1 unspecified atom stereocenters. The first-order valence-electron chi connectivity index (χ1n) is 11.0. The lowest BCUT2D eigenvalue weighted by Gasteiger charge is -2.31. The second kappa shape index (κ2) is 10.2. The van der Waals surface area contributed by atoms with Crippen LogP contribution in [-0.4, -0.2) is 46.6 Å². The maximum atomic E-state index is 13.8. The molecule has 1 aliphatic rings. The molecule has 0 spiro atoms. The van der Waals surface area contributed by atoms with Gasteiger partial charge in [0.05, 0.1) is 12.1 Å². The number of amides is 1. The minimum Gasteiger partial charge on any atom is -0.339 e. The summed E-state index contributed by atoms with van der Waals surface area (Å²) in [6.07, 6.45) is 0.780.